The van der Waals surface area contributed by atoms with E-state index in [0.29, 0.717) is 23.5 Å². The number of nitrogens with zero attached hydrogens (tertiary/aromatic N) is 3. The average Bonchev–Trinajstić information content (AvgIpc) is 2.87. The van der Waals surface area contributed by atoms with E-state index in [2.05, 4.69) is 14.9 Å². The summed E-state index contributed by atoms with van der Waals surface area (Å²) >= 11 is 0. The fourth-order valence-corrected chi connectivity index (χ4v) is 2.91. The molecule has 0 saturated heterocycles. The van der Waals surface area contributed by atoms with E-state index in [0.717, 1.165) is 30.5 Å². The molecule has 0 bridgehead atoms. The molecule has 0 unspecified atom stereocenters. The van der Waals surface area contributed by atoms with Crippen LogP contribution in [0.25, 0.3) is 0 Å². The van der Waals surface area contributed by atoms with Crippen LogP contribution in [0.5, 0.6) is 0 Å². The summed E-state index contributed by atoms with van der Waals surface area (Å²) in [5, 5.41) is 7.49. The maximum Gasteiger partial charge on any atom is 0.337 e. The van der Waals surface area contributed by atoms with Crippen LogP contribution < -0.4 is 4.90 Å². The van der Waals surface area contributed by atoms with E-state index in [1.807, 2.05) is 12.1 Å². The first kappa shape index (κ1) is 16.2. The molecule has 0 spiro atoms. The topological polar surface area (TPSA) is 85.5 Å². The zero-order chi connectivity index (χ0) is 17.1. The Morgan fingerprint density at radius 2 is 2.12 bits per heavy atom. The number of benzene rings is 1. The highest BCUT2D eigenvalue weighted by Gasteiger charge is 2.24. The predicted octanol–water partition coefficient (Wildman–Crippen LogP) is 2.08. The molecular weight excluding hydrogens is 310 g/mol. The van der Waals surface area contributed by atoms with Crippen molar-refractivity contribution in [2.45, 2.75) is 32.6 Å². The second-order valence-corrected chi connectivity index (χ2v) is 5.81. The summed E-state index contributed by atoms with van der Waals surface area (Å²) < 4.78 is 9.43. The molecule has 0 atom stereocenters. The third-order valence-corrected chi connectivity index (χ3v) is 4.24. The SMILES string of the molecule is COC(=O)c1ccc2c(c1)CCCCN2C(=O)Cc1nonc1C. The van der Waals surface area contributed by atoms with E-state index in [1.54, 1.807) is 17.9 Å². The van der Waals surface area contributed by atoms with Crippen LogP contribution in [0.1, 0.15) is 40.2 Å². The second-order valence-electron chi connectivity index (χ2n) is 5.81. The number of rotatable bonds is 3. The minimum Gasteiger partial charge on any atom is -0.465 e. The number of hydrogen-bond acceptors (Lipinski definition) is 6. The number of fused-ring (bicyclic) bond motifs is 1. The molecule has 0 radical (unpaired) electrons. The summed E-state index contributed by atoms with van der Waals surface area (Å²) in [7, 11) is 1.36. The minimum atomic E-state index is -0.371. The molecule has 2 aromatic rings. The number of methoxy groups -OCH3 is 1. The van der Waals surface area contributed by atoms with Crippen LogP contribution in [0.2, 0.25) is 0 Å². The average molecular weight is 329 g/mol. The Bertz CT molecular complexity index is 769. The predicted molar refractivity (Wildman–Crippen MR) is 85.8 cm³/mol. The Balaban J connectivity index is 1.89. The number of carbonyl (C=O) groups is 2. The summed E-state index contributed by atoms with van der Waals surface area (Å²) in [6.45, 7) is 2.41. The van der Waals surface area contributed by atoms with Gasteiger partial charge < -0.3 is 9.64 Å². The summed E-state index contributed by atoms with van der Waals surface area (Å²) in [4.78, 5) is 26.2. The van der Waals surface area contributed by atoms with Gasteiger partial charge in [0.05, 0.1) is 19.1 Å². The molecule has 7 heteroatoms. The number of esters is 1. The van der Waals surface area contributed by atoms with Crippen LogP contribution in [-0.4, -0.2) is 35.8 Å². The van der Waals surface area contributed by atoms with E-state index in [-0.39, 0.29) is 18.3 Å². The van der Waals surface area contributed by atoms with Crippen molar-refractivity contribution in [3.63, 3.8) is 0 Å². The molecule has 7 nitrogen and oxygen atoms in total. The first-order valence-corrected chi connectivity index (χ1v) is 7.90. The number of ether oxygens (including phenoxy) is 1. The number of amides is 1. The molecule has 1 aliphatic heterocycles. The Morgan fingerprint density at radius 1 is 1.29 bits per heavy atom. The highest BCUT2D eigenvalue weighted by atomic mass is 16.6. The molecule has 1 aromatic heterocycles. The molecule has 0 N–H and O–H groups in total. The molecule has 1 amide bonds. The fraction of sp³-hybridized carbons (Fsp3) is 0.412. The quantitative estimate of drug-likeness (QED) is 0.801. The van der Waals surface area contributed by atoms with Crippen molar-refractivity contribution in [3.05, 3.63) is 40.7 Å². The van der Waals surface area contributed by atoms with Gasteiger partial charge in [-0.3, -0.25) is 4.79 Å². The second kappa shape index (κ2) is 6.82. The molecular formula is C17H19N3O4. The van der Waals surface area contributed by atoms with Gasteiger partial charge in [-0.2, -0.15) is 0 Å². The molecule has 1 aromatic carbocycles. The third kappa shape index (κ3) is 3.15. The Morgan fingerprint density at radius 3 is 2.83 bits per heavy atom. The van der Waals surface area contributed by atoms with Crippen LogP contribution in [0.3, 0.4) is 0 Å². The maximum absolute atomic E-state index is 12.7. The molecule has 1 aliphatic rings. The van der Waals surface area contributed by atoms with E-state index < -0.39 is 0 Å². The lowest BCUT2D eigenvalue weighted by Crippen LogP contribution is -2.33. The van der Waals surface area contributed by atoms with Crippen molar-refractivity contribution < 1.29 is 19.0 Å². The number of aromatic nitrogens is 2. The van der Waals surface area contributed by atoms with Gasteiger partial charge in [0, 0.05) is 12.2 Å². The Hall–Kier alpha value is -2.70. The van der Waals surface area contributed by atoms with E-state index >= 15 is 0 Å². The van der Waals surface area contributed by atoms with Crippen molar-refractivity contribution in [2.75, 3.05) is 18.6 Å². The normalized spacial score (nSPS) is 14.0. The summed E-state index contributed by atoms with van der Waals surface area (Å²) in [5.41, 5.74) is 3.51. The molecule has 0 fully saturated rings. The molecule has 24 heavy (non-hydrogen) atoms. The Kier molecular flexibility index (Phi) is 4.59. The van der Waals surface area contributed by atoms with Gasteiger partial charge >= 0.3 is 5.97 Å². The van der Waals surface area contributed by atoms with Gasteiger partial charge in [0.2, 0.25) is 5.91 Å². The molecule has 0 aliphatic carbocycles. The van der Waals surface area contributed by atoms with Gasteiger partial charge in [-0.1, -0.05) is 10.3 Å². The standard InChI is InChI=1S/C17H19N3O4/c1-11-14(19-24-18-11)10-16(21)20-8-4-3-5-12-9-13(17(22)23-2)6-7-15(12)20/h6-7,9H,3-5,8,10H2,1-2H3. The lowest BCUT2D eigenvalue weighted by molar-refractivity contribution is -0.118. The molecule has 0 saturated carbocycles. The zero-order valence-corrected chi connectivity index (χ0v) is 13.7. The maximum atomic E-state index is 12.7. The number of hydrogen-bond donors (Lipinski definition) is 0. The van der Waals surface area contributed by atoms with Crippen LogP contribution in [-0.2, 0) is 22.4 Å². The van der Waals surface area contributed by atoms with Crippen LogP contribution in [0.15, 0.2) is 22.8 Å². The van der Waals surface area contributed by atoms with Gasteiger partial charge in [-0.05, 0) is 49.9 Å². The van der Waals surface area contributed by atoms with E-state index in [1.165, 1.54) is 7.11 Å². The summed E-state index contributed by atoms with van der Waals surface area (Å²) in [5.74, 6) is -0.424. The lowest BCUT2D eigenvalue weighted by atomic mass is 10.0. The number of carbonyl (C=O) groups excluding carboxylic acids is 2. The first-order chi connectivity index (χ1) is 11.6. The molecule has 126 valence electrons. The minimum absolute atomic E-state index is 0.0530. The molecule has 2 heterocycles. The number of aryl methyl sites for hydroxylation is 2. The third-order valence-electron chi connectivity index (χ3n) is 4.24. The van der Waals surface area contributed by atoms with Crippen molar-refractivity contribution >= 4 is 17.6 Å². The van der Waals surface area contributed by atoms with Crippen LogP contribution in [0.4, 0.5) is 5.69 Å². The van der Waals surface area contributed by atoms with Crippen molar-refractivity contribution in [1.82, 2.24) is 10.3 Å². The smallest absolute Gasteiger partial charge is 0.337 e. The highest BCUT2D eigenvalue weighted by molar-refractivity contribution is 5.97. The van der Waals surface area contributed by atoms with Gasteiger partial charge in [-0.25, -0.2) is 9.42 Å². The van der Waals surface area contributed by atoms with E-state index in [9.17, 15) is 9.59 Å². The van der Waals surface area contributed by atoms with Gasteiger partial charge in [-0.15, -0.1) is 0 Å². The monoisotopic (exact) mass is 329 g/mol. The van der Waals surface area contributed by atoms with Crippen molar-refractivity contribution in [3.8, 4) is 0 Å². The Labute approximate surface area is 139 Å². The van der Waals surface area contributed by atoms with Gasteiger partial charge in [0.15, 0.2) is 0 Å². The largest absolute Gasteiger partial charge is 0.465 e. The lowest BCUT2D eigenvalue weighted by Gasteiger charge is -2.23. The highest BCUT2D eigenvalue weighted by Crippen LogP contribution is 2.28. The fourth-order valence-electron chi connectivity index (χ4n) is 2.91. The first-order valence-electron chi connectivity index (χ1n) is 7.90. The summed E-state index contributed by atoms with van der Waals surface area (Å²) in [6.07, 6.45) is 2.85. The van der Waals surface area contributed by atoms with Crippen molar-refractivity contribution in [2.24, 2.45) is 0 Å². The van der Waals surface area contributed by atoms with E-state index in [4.69, 9.17) is 4.74 Å². The summed E-state index contributed by atoms with van der Waals surface area (Å²) in [6, 6.07) is 5.33. The van der Waals surface area contributed by atoms with Gasteiger partial charge in [0.25, 0.3) is 0 Å². The van der Waals surface area contributed by atoms with Crippen LogP contribution >= 0.6 is 0 Å². The van der Waals surface area contributed by atoms with Crippen LogP contribution in [0, 0.1) is 6.92 Å². The van der Waals surface area contributed by atoms with Crippen molar-refractivity contribution in [1.29, 1.82) is 0 Å². The molecule has 3 rings (SSSR count). The number of anilines is 1. The zero-order valence-electron chi connectivity index (χ0n) is 13.7. The van der Waals surface area contributed by atoms with Gasteiger partial charge in [0.1, 0.15) is 11.4 Å².